The van der Waals surface area contributed by atoms with Gasteiger partial charge >= 0.3 is 0 Å². The second-order valence-corrected chi connectivity index (χ2v) is 6.27. The monoisotopic (exact) mass is 313 g/mol. The molecule has 1 unspecified atom stereocenters. The highest BCUT2D eigenvalue weighted by Gasteiger charge is 2.38. The maximum absolute atomic E-state index is 10.3. The Bertz CT molecular complexity index is 770. The van der Waals surface area contributed by atoms with E-state index >= 15 is 0 Å². The number of phenols is 1. The van der Waals surface area contributed by atoms with Crippen LogP contribution in [0.25, 0.3) is 10.9 Å². The molecule has 0 saturated heterocycles. The molecule has 2 aromatic rings. The van der Waals surface area contributed by atoms with Gasteiger partial charge in [-0.2, -0.15) is 5.10 Å². The van der Waals surface area contributed by atoms with Gasteiger partial charge in [-0.05, 0) is 30.5 Å². The Balaban J connectivity index is 2.12. The van der Waals surface area contributed by atoms with Crippen LogP contribution in [-0.2, 0) is 12.8 Å². The molecule has 1 atom stereocenters. The number of hydrazone groups is 1. The van der Waals surface area contributed by atoms with E-state index in [0.29, 0.717) is 11.9 Å². The highest BCUT2D eigenvalue weighted by molar-refractivity contribution is 5.93. The van der Waals surface area contributed by atoms with E-state index in [0.717, 1.165) is 35.1 Å². The van der Waals surface area contributed by atoms with Crippen molar-refractivity contribution in [1.29, 1.82) is 0 Å². The van der Waals surface area contributed by atoms with Gasteiger partial charge in [-0.25, -0.2) is 0 Å². The summed E-state index contributed by atoms with van der Waals surface area (Å²) in [6.45, 7) is 4.18. The van der Waals surface area contributed by atoms with Crippen molar-refractivity contribution in [3.8, 4) is 11.5 Å². The average molecular weight is 313 g/mol. The van der Waals surface area contributed by atoms with Gasteiger partial charge in [-0.15, -0.1) is 0 Å². The minimum atomic E-state index is -0.463. The Morgan fingerprint density at radius 1 is 1.39 bits per heavy atom. The number of rotatable bonds is 4. The summed E-state index contributed by atoms with van der Waals surface area (Å²) >= 11 is 0. The minimum absolute atomic E-state index is 0.210. The van der Waals surface area contributed by atoms with E-state index < -0.39 is 5.60 Å². The van der Waals surface area contributed by atoms with Crippen molar-refractivity contribution in [2.45, 2.75) is 38.7 Å². The van der Waals surface area contributed by atoms with Crippen LogP contribution in [0.3, 0.4) is 0 Å². The minimum Gasteiger partial charge on any atom is -0.506 e. The molecule has 1 N–H and O–H groups in total. The van der Waals surface area contributed by atoms with Gasteiger partial charge in [0.1, 0.15) is 22.6 Å². The predicted octanol–water partition coefficient (Wildman–Crippen LogP) is 3.13. The van der Waals surface area contributed by atoms with Crippen molar-refractivity contribution in [1.82, 2.24) is 9.99 Å². The number of phenolic OH excluding ortho intramolecular Hbond substituents is 1. The summed E-state index contributed by atoms with van der Waals surface area (Å²) in [7, 11) is 3.78. The molecule has 0 fully saturated rings. The molecule has 122 valence electrons. The number of aromatic nitrogens is 1. The highest BCUT2D eigenvalue weighted by atomic mass is 16.5. The molecule has 0 bridgehead atoms. The number of ether oxygens (including phenoxy) is 1. The van der Waals surface area contributed by atoms with E-state index in [1.54, 1.807) is 11.1 Å². The Kier molecular flexibility index (Phi) is 3.88. The quantitative estimate of drug-likeness (QED) is 0.696. The number of nitrogens with zero attached hydrogens (tertiary/aromatic N) is 3. The fraction of sp³-hybridized carbons (Fsp3) is 0.444. The van der Waals surface area contributed by atoms with Crippen molar-refractivity contribution in [3.63, 3.8) is 0 Å². The van der Waals surface area contributed by atoms with Crippen molar-refractivity contribution < 1.29 is 9.84 Å². The first-order valence-electron chi connectivity index (χ1n) is 8.03. The summed E-state index contributed by atoms with van der Waals surface area (Å²) in [6.07, 6.45) is 6.09. The summed E-state index contributed by atoms with van der Waals surface area (Å²) in [5.41, 5.74) is 2.27. The Hall–Kier alpha value is -2.30. The number of fused-ring (bicyclic) bond motifs is 3. The lowest BCUT2D eigenvalue weighted by Crippen LogP contribution is -2.36. The first-order chi connectivity index (χ1) is 11.0. The molecular formula is C18H23N3O2. The standard InChI is InChI=1S/C18H23N3O2/c1-5-12-7-14-16(19-10-12)15(22)8-13-9-18(6-2,23-17(13)14)11-20-21(3)4/h7-8,10-11,22H,5-6,9H2,1-4H3. The molecule has 0 saturated carbocycles. The van der Waals surface area contributed by atoms with Gasteiger partial charge in [-0.1, -0.05) is 13.8 Å². The van der Waals surface area contributed by atoms with Crippen molar-refractivity contribution in [2.75, 3.05) is 14.1 Å². The lowest BCUT2D eigenvalue weighted by atomic mass is 9.95. The van der Waals surface area contributed by atoms with Crippen molar-refractivity contribution in [3.05, 3.63) is 29.5 Å². The molecule has 5 nitrogen and oxygen atoms in total. The van der Waals surface area contributed by atoms with Crippen LogP contribution in [0.2, 0.25) is 0 Å². The van der Waals surface area contributed by atoms with E-state index in [2.05, 4.69) is 30.0 Å². The van der Waals surface area contributed by atoms with E-state index in [1.165, 1.54) is 0 Å². The maximum Gasteiger partial charge on any atom is 0.150 e. The number of hydrogen-bond donors (Lipinski definition) is 1. The zero-order chi connectivity index (χ0) is 16.6. The zero-order valence-corrected chi connectivity index (χ0v) is 14.1. The lowest BCUT2D eigenvalue weighted by Gasteiger charge is -2.23. The Morgan fingerprint density at radius 2 is 2.17 bits per heavy atom. The SMILES string of the molecule is CCc1cnc2c(O)cc3c(c2c1)OC(C=NN(C)C)(CC)C3. The molecular weight excluding hydrogens is 290 g/mol. The zero-order valence-electron chi connectivity index (χ0n) is 14.1. The first kappa shape index (κ1) is 15.6. The van der Waals surface area contributed by atoms with E-state index in [9.17, 15) is 5.11 Å². The molecule has 0 amide bonds. The lowest BCUT2D eigenvalue weighted by molar-refractivity contribution is 0.170. The summed E-state index contributed by atoms with van der Waals surface area (Å²) in [5.74, 6) is 1.04. The molecule has 1 aliphatic rings. The summed E-state index contributed by atoms with van der Waals surface area (Å²) in [5, 5.41) is 17.3. The molecule has 0 aliphatic carbocycles. The summed E-state index contributed by atoms with van der Waals surface area (Å²) < 4.78 is 6.33. The van der Waals surface area contributed by atoms with E-state index in [1.807, 2.05) is 26.5 Å². The molecule has 5 heteroatoms. The van der Waals surface area contributed by atoms with E-state index in [-0.39, 0.29) is 5.75 Å². The normalized spacial score (nSPS) is 20.0. The smallest absolute Gasteiger partial charge is 0.150 e. The van der Waals surface area contributed by atoms with Gasteiger partial charge in [0.15, 0.2) is 0 Å². The largest absolute Gasteiger partial charge is 0.506 e. The van der Waals surface area contributed by atoms with Gasteiger partial charge < -0.3 is 14.9 Å². The summed E-state index contributed by atoms with van der Waals surface area (Å²) in [4.78, 5) is 4.40. The van der Waals surface area contributed by atoms with Gasteiger partial charge in [0.2, 0.25) is 0 Å². The number of pyridine rings is 1. The fourth-order valence-electron chi connectivity index (χ4n) is 2.95. The molecule has 23 heavy (non-hydrogen) atoms. The number of aromatic hydroxyl groups is 1. The third-order valence-corrected chi connectivity index (χ3v) is 4.36. The third-order valence-electron chi connectivity index (χ3n) is 4.36. The molecule has 1 aromatic heterocycles. The van der Waals surface area contributed by atoms with Crippen LogP contribution in [0.1, 0.15) is 31.4 Å². The van der Waals surface area contributed by atoms with Crippen LogP contribution in [0.5, 0.6) is 11.5 Å². The van der Waals surface area contributed by atoms with Crippen molar-refractivity contribution in [2.24, 2.45) is 5.10 Å². The predicted molar refractivity (Wildman–Crippen MR) is 92.3 cm³/mol. The Morgan fingerprint density at radius 3 is 2.83 bits per heavy atom. The molecule has 1 aliphatic heterocycles. The average Bonchev–Trinajstić information content (AvgIpc) is 2.92. The van der Waals surface area contributed by atoms with E-state index in [4.69, 9.17) is 4.74 Å². The third kappa shape index (κ3) is 2.71. The van der Waals surface area contributed by atoms with Crippen LogP contribution < -0.4 is 4.74 Å². The van der Waals surface area contributed by atoms with Gasteiger partial charge in [0, 0.05) is 37.7 Å². The number of aryl methyl sites for hydroxylation is 1. The van der Waals surface area contributed by atoms with Crippen LogP contribution >= 0.6 is 0 Å². The van der Waals surface area contributed by atoms with Crippen LogP contribution in [-0.4, -0.2) is 41.0 Å². The number of hydrogen-bond acceptors (Lipinski definition) is 5. The molecule has 0 radical (unpaired) electrons. The molecule has 3 rings (SSSR count). The summed E-state index contributed by atoms with van der Waals surface area (Å²) in [6, 6.07) is 3.84. The van der Waals surface area contributed by atoms with Crippen molar-refractivity contribution >= 4 is 17.1 Å². The molecule has 0 spiro atoms. The second kappa shape index (κ2) is 5.72. The van der Waals surface area contributed by atoms with Crippen LogP contribution in [0.15, 0.2) is 23.4 Å². The fourth-order valence-corrected chi connectivity index (χ4v) is 2.95. The van der Waals surface area contributed by atoms with Crippen LogP contribution in [0, 0.1) is 0 Å². The van der Waals surface area contributed by atoms with Crippen LogP contribution in [0.4, 0.5) is 0 Å². The number of benzene rings is 1. The highest BCUT2D eigenvalue weighted by Crippen LogP contribution is 2.44. The van der Waals surface area contributed by atoms with Gasteiger partial charge in [0.25, 0.3) is 0 Å². The molecule has 1 aromatic carbocycles. The topological polar surface area (TPSA) is 58.0 Å². The van der Waals surface area contributed by atoms with Gasteiger partial charge in [-0.3, -0.25) is 4.98 Å². The second-order valence-electron chi connectivity index (χ2n) is 6.27. The maximum atomic E-state index is 10.3. The first-order valence-corrected chi connectivity index (χ1v) is 8.03. The van der Waals surface area contributed by atoms with Gasteiger partial charge in [0.05, 0.1) is 6.21 Å². The Labute approximate surface area is 136 Å². The molecule has 2 heterocycles.